The molecule has 4 amide bonds. The molecule has 56 heavy (non-hydrogen) atoms. The zero-order chi connectivity index (χ0) is 43.7. The standard InChI is InChI=1S/C18H33N3O4.C10H9NO2.C4H7NO2S.C4H10.C2H6.C2H4.C2H2/c1-5-13(16(23)21-14-9-10-14)8-7-11-19-15(22)12-20-17(24)25-18(3,4)6-2;1-13-8-2-3-9-7(6-8)4-5-11-10(9)12;6-3-5-8(7)4-1-2-4;1-4(2)3;3*1-2/h13-14H,5-12H2,1-4H3,(H,19,22)(H,20,24)(H,21,23);2-6H,1H3,(H,11,12);3-4H,1-2H2,(H,5,6);4H,1-3H3;1-2H3;1-2H2;1-2H/t13-;;;;;;/m0....../s1. The van der Waals surface area contributed by atoms with Gasteiger partial charge in [0.2, 0.25) is 18.2 Å². The van der Waals surface area contributed by atoms with Crippen molar-refractivity contribution < 1.29 is 32.9 Å². The van der Waals surface area contributed by atoms with E-state index in [0.717, 1.165) is 62.0 Å². The van der Waals surface area contributed by atoms with Gasteiger partial charge >= 0.3 is 6.09 Å². The van der Waals surface area contributed by atoms with E-state index in [0.29, 0.717) is 30.8 Å². The fourth-order valence-electron chi connectivity index (χ4n) is 3.94. The van der Waals surface area contributed by atoms with Gasteiger partial charge in [0.15, 0.2) is 0 Å². The number of hydrogen-bond donors (Lipinski definition) is 5. The lowest BCUT2D eigenvalue weighted by molar-refractivity contribution is -0.125. The Morgan fingerprint density at radius 1 is 1.04 bits per heavy atom. The Bertz CT molecular complexity index is 1480. The number of carbonyl (C=O) groups is 4. The zero-order valence-electron chi connectivity index (χ0n) is 35.6. The molecule has 2 fully saturated rings. The summed E-state index contributed by atoms with van der Waals surface area (Å²) in [6.45, 7) is 24.4. The summed E-state index contributed by atoms with van der Waals surface area (Å²) < 4.78 is 23.0. The van der Waals surface area contributed by atoms with Crippen molar-refractivity contribution in [2.45, 2.75) is 131 Å². The molecule has 13 nitrogen and oxygen atoms in total. The average molecular weight is 806 g/mol. The molecule has 2 aliphatic carbocycles. The number of hydrogen-bond acceptors (Lipinski definition) is 8. The molecule has 0 aliphatic heterocycles. The first kappa shape index (κ1) is 55.7. The number of aromatic amines is 1. The van der Waals surface area contributed by atoms with Gasteiger partial charge in [0.25, 0.3) is 5.56 Å². The van der Waals surface area contributed by atoms with Crippen LogP contribution >= 0.6 is 0 Å². The predicted octanol–water partition coefficient (Wildman–Crippen LogP) is 6.94. The lowest BCUT2D eigenvalue weighted by Gasteiger charge is -2.23. The van der Waals surface area contributed by atoms with Crippen LogP contribution in [0.5, 0.6) is 5.75 Å². The van der Waals surface area contributed by atoms with Crippen LogP contribution in [-0.4, -0.2) is 70.6 Å². The number of benzene rings is 1. The van der Waals surface area contributed by atoms with E-state index in [1.165, 1.54) is 0 Å². The van der Waals surface area contributed by atoms with E-state index in [9.17, 15) is 28.2 Å². The van der Waals surface area contributed by atoms with Gasteiger partial charge in [-0.3, -0.25) is 23.9 Å². The average Bonchev–Trinajstić information content (AvgIpc) is 4.13. The Morgan fingerprint density at radius 3 is 2.11 bits per heavy atom. The molecule has 2 atom stereocenters. The van der Waals surface area contributed by atoms with Crippen molar-refractivity contribution in [3.8, 4) is 18.6 Å². The second-order valence-electron chi connectivity index (χ2n) is 13.5. The van der Waals surface area contributed by atoms with Gasteiger partial charge in [-0.15, -0.1) is 26.0 Å². The van der Waals surface area contributed by atoms with Crippen LogP contribution in [-0.2, 0) is 30.1 Å². The molecule has 2 aliphatic rings. The molecular weight excluding hydrogens is 735 g/mol. The van der Waals surface area contributed by atoms with Crippen LogP contribution in [0.2, 0.25) is 0 Å². The highest BCUT2D eigenvalue weighted by Crippen LogP contribution is 2.24. The second kappa shape index (κ2) is 33.7. The van der Waals surface area contributed by atoms with Gasteiger partial charge in [-0.25, -0.2) is 9.00 Å². The Balaban J connectivity index is -0.000000748. The fraction of sp³-hybridized carbons (Fsp3) is 0.595. The highest BCUT2D eigenvalue weighted by Gasteiger charge is 2.28. The highest BCUT2D eigenvalue weighted by atomic mass is 32.2. The Labute approximate surface area is 338 Å². The van der Waals surface area contributed by atoms with Gasteiger partial charge in [0.05, 0.1) is 18.9 Å². The van der Waals surface area contributed by atoms with Gasteiger partial charge in [-0.2, -0.15) is 0 Å². The van der Waals surface area contributed by atoms with E-state index in [1.54, 1.807) is 25.4 Å². The number of terminal acetylenes is 1. The van der Waals surface area contributed by atoms with E-state index in [2.05, 4.69) is 72.4 Å². The number of methoxy groups -OCH3 is 1. The fourth-order valence-corrected chi connectivity index (χ4v) is 4.79. The summed E-state index contributed by atoms with van der Waals surface area (Å²) in [4.78, 5) is 58.9. The maximum absolute atomic E-state index is 12.0. The van der Waals surface area contributed by atoms with Gasteiger partial charge in [-0.1, -0.05) is 48.5 Å². The van der Waals surface area contributed by atoms with Crippen LogP contribution in [0.3, 0.4) is 0 Å². The van der Waals surface area contributed by atoms with Crippen LogP contribution in [0.25, 0.3) is 10.8 Å². The van der Waals surface area contributed by atoms with Gasteiger partial charge < -0.3 is 30.4 Å². The lowest BCUT2D eigenvalue weighted by Crippen LogP contribution is -2.40. The summed E-state index contributed by atoms with van der Waals surface area (Å²) in [6, 6.07) is 7.60. The molecule has 1 heterocycles. The van der Waals surface area contributed by atoms with Crippen molar-refractivity contribution >= 4 is 46.1 Å². The minimum absolute atomic E-state index is 0.00174. The number of aromatic nitrogens is 1. The Morgan fingerprint density at radius 2 is 1.62 bits per heavy atom. The zero-order valence-corrected chi connectivity index (χ0v) is 36.4. The minimum Gasteiger partial charge on any atom is -0.497 e. The largest absolute Gasteiger partial charge is 0.497 e. The SMILES string of the molecule is C#C.C=C.CC.CC(C)C.CC[C@@H](CCCNC(=O)CNC(=O)OC(C)(C)CC)C(=O)NC1CC1.COc1ccc2c(=O)[nH]ccc2c1.O=CNS(=O)C1CC1. The van der Waals surface area contributed by atoms with Crippen molar-refractivity contribution in [3.63, 3.8) is 0 Å². The quantitative estimate of drug-likeness (QED) is 0.0555. The van der Waals surface area contributed by atoms with Crippen LogP contribution < -0.4 is 31.0 Å². The lowest BCUT2D eigenvalue weighted by atomic mass is 9.99. The Hall–Kier alpha value is -4.64. The summed E-state index contributed by atoms with van der Waals surface area (Å²) in [7, 11) is 0.527. The molecule has 0 radical (unpaired) electrons. The van der Waals surface area contributed by atoms with Crippen LogP contribution in [0, 0.1) is 24.7 Å². The summed E-state index contributed by atoms with van der Waals surface area (Å²) in [5.41, 5.74) is -0.614. The van der Waals surface area contributed by atoms with Gasteiger partial charge in [-0.05, 0) is 101 Å². The molecule has 0 saturated heterocycles. The first-order valence-electron chi connectivity index (χ1n) is 19.3. The molecule has 2 saturated carbocycles. The molecule has 2 aromatic rings. The predicted molar refractivity (Wildman–Crippen MR) is 231 cm³/mol. The number of amides is 4. The monoisotopic (exact) mass is 806 g/mol. The van der Waals surface area contributed by atoms with Gasteiger partial charge in [0.1, 0.15) is 22.3 Å². The smallest absolute Gasteiger partial charge is 0.408 e. The van der Waals surface area contributed by atoms with E-state index >= 15 is 0 Å². The van der Waals surface area contributed by atoms with E-state index in [4.69, 9.17) is 9.47 Å². The van der Waals surface area contributed by atoms with Crippen LogP contribution in [0.4, 0.5) is 4.79 Å². The maximum Gasteiger partial charge on any atom is 0.408 e. The number of H-pyrrole nitrogens is 1. The normalized spacial score (nSPS) is 13.2. The third kappa shape index (κ3) is 28.8. The number of fused-ring (bicyclic) bond motifs is 1. The van der Waals surface area contributed by atoms with Crippen molar-refractivity contribution in [2.75, 3.05) is 20.2 Å². The number of ether oxygens (including phenoxy) is 2. The molecular formula is C42H71N5O8S. The second-order valence-corrected chi connectivity index (χ2v) is 15.0. The molecule has 0 bridgehead atoms. The number of rotatable bonds is 15. The molecule has 1 aromatic heterocycles. The van der Waals surface area contributed by atoms with Crippen molar-refractivity contribution in [3.05, 3.63) is 54.0 Å². The summed E-state index contributed by atoms with van der Waals surface area (Å²) in [5.74, 6) is 1.46. The molecule has 4 rings (SSSR count). The van der Waals surface area contributed by atoms with E-state index < -0.39 is 22.7 Å². The van der Waals surface area contributed by atoms with Crippen molar-refractivity contribution in [1.82, 2.24) is 25.7 Å². The molecule has 1 unspecified atom stereocenters. The van der Waals surface area contributed by atoms with Crippen molar-refractivity contribution in [2.24, 2.45) is 11.8 Å². The molecule has 1 aromatic carbocycles. The third-order valence-corrected chi connectivity index (χ3v) is 8.83. The summed E-state index contributed by atoms with van der Waals surface area (Å²) >= 11 is 0. The van der Waals surface area contributed by atoms with Crippen LogP contribution in [0.1, 0.15) is 114 Å². The summed E-state index contributed by atoms with van der Waals surface area (Å²) in [6.07, 6.45) is 16.6. The highest BCUT2D eigenvalue weighted by molar-refractivity contribution is 7.84. The third-order valence-electron chi connectivity index (χ3n) is 7.42. The van der Waals surface area contributed by atoms with E-state index in [-0.39, 0.29) is 35.1 Å². The van der Waals surface area contributed by atoms with Crippen LogP contribution in [0.15, 0.2) is 48.4 Å². The van der Waals surface area contributed by atoms with Crippen molar-refractivity contribution in [1.29, 1.82) is 0 Å². The molecule has 14 heteroatoms. The number of pyridine rings is 1. The van der Waals surface area contributed by atoms with Gasteiger partial charge in [0, 0.05) is 30.1 Å². The first-order valence-corrected chi connectivity index (χ1v) is 20.5. The summed E-state index contributed by atoms with van der Waals surface area (Å²) in [5, 5.41) is 10.0. The first-order chi connectivity index (χ1) is 26.7. The topological polar surface area (TPSA) is 185 Å². The molecule has 5 N–H and O–H groups in total. The Kier molecular flexibility index (Phi) is 33.5. The minimum atomic E-state index is -1.08. The number of alkyl carbamates (subject to hydrolysis) is 1. The maximum atomic E-state index is 12.0. The molecule has 0 spiro atoms. The van der Waals surface area contributed by atoms with E-state index in [1.807, 2.05) is 53.7 Å². The molecule has 318 valence electrons. The number of carbonyl (C=O) groups excluding carboxylic acids is 4. The number of nitrogens with one attached hydrogen (secondary N) is 5.